The van der Waals surface area contributed by atoms with E-state index in [1.165, 1.54) is 91.9 Å². The van der Waals surface area contributed by atoms with E-state index in [1.54, 1.807) is 0 Å². The van der Waals surface area contributed by atoms with E-state index in [-0.39, 0.29) is 19.1 Å². The van der Waals surface area contributed by atoms with Crippen molar-refractivity contribution in [2.45, 2.75) is 97.3 Å². The number of fused-ring (bicyclic) bond motifs is 3. The van der Waals surface area contributed by atoms with E-state index in [9.17, 15) is 5.11 Å². The van der Waals surface area contributed by atoms with Crippen molar-refractivity contribution in [1.29, 1.82) is 0 Å². The van der Waals surface area contributed by atoms with Gasteiger partial charge in [-0.1, -0.05) is 121 Å². The largest absolute Gasteiger partial charge is 0.494 e. The summed E-state index contributed by atoms with van der Waals surface area (Å²) >= 11 is 0. The highest BCUT2D eigenvalue weighted by molar-refractivity contribution is 6.61. The molecular weight excluding hydrogens is 482 g/mol. The van der Waals surface area contributed by atoms with Gasteiger partial charge in [-0.15, -0.1) is 0 Å². The van der Waals surface area contributed by atoms with Crippen LogP contribution in [0.15, 0.2) is 36.4 Å². The highest BCUT2D eigenvalue weighted by Gasteiger charge is 2.46. The molecule has 2 atom stereocenters. The Kier molecular flexibility index (Phi) is 11.6. The van der Waals surface area contributed by atoms with Crippen molar-refractivity contribution < 1.29 is 19.1 Å². The first-order valence-corrected chi connectivity index (χ1v) is 15.8. The Hall–Kier alpha value is -1.59. The molecule has 212 valence electrons. The molecule has 4 rings (SSSR count). The van der Waals surface area contributed by atoms with Crippen LogP contribution < -0.4 is 10.9 Å². The Morgan fingerprint density at radius 1 is 0.872 bits per heavy atom. The van der Waals surface area contributed by atoms with E-state index >= 15 is 0 Å². The van der Waals surface area contributed by atoms with Crippen molar-refractivity contribution in [2.75, 3.05) is 26.4 Å². The zero-order valence-corrected chi connectivity index (χ0v) is 25.0. The number of hydrogen-bond donors (Lipinski definition) is 1. The summed E-state index contributed by atoms with van der Waals surface area (Å²) in [6, 6.07) is 14.0. The molecule has 0 amide bonds. The third kappa shape index (κ3) is 7.01. The second-order valence-corrected chi connectivity index (χ2v) is 11.9. The summed E-state index contributed by atoms with van der Waals surface area (Å²) in [5.41, 5.74) is 8.04. The number of unbranched alkanes of at least 4 members (excludes halogenated alkanes) is 2. The monoisotopic (exact) mass is 532 g/mol. The van der Waals surface area contributed by atoms with Crippen molar-refractivity contribution in [1.82, 2.24) is 0 Å². The van der Waals surface area contributed by atoms with Crippen LogP contribution in [0.5, 0.6) is 0 Å². The fraction of sp³-hybridized carbons (Fsp3) is 0.636. The normalized spacial score (nSPS) is 19.7. The summed E-state index contributed by atoms with van der Waals surface area (Å²) in [5, 5.41) is 9.27. The molecule has 1 aliphatic heterocycles. The van der Waals surface area contributed by atoms with Crippen molar-refractivity contribution in [2.24, 2.45) is 11.8 Å². The van der Waals surface area contributed by atoms with E-state index in [2.05, 4.69) is 64.1 Å². The van der Waals surface area contributed by atoms with Gasteiger partial charge >= 0.3 is 14.6 Å². The lowest BCUT2D eigenvalue weighted by atomic mass is 9.63. The summed E-state index contributed by atoms with van der Waals surface area (Å²) in [4.78, 5) is 0. The molecule has 1 saturated heterocycles. The maximum Gasteiger partial charge on any atom is 0.494 e. The van der Waals surface area contributed by atoms with Gasteiger partial charge in [0.25, 0.3) is 0 Å². The quantitative estimate of drug-likeness (QED) is 0.204. The molecule has 0 saturated carbocycles. The lowest BCUT2D eigenvalue weighted by Crippen LogP contribution is -2.36. The Balaban J connectivity index is 1.85. The Morgan fingerprint density at radius 3 is 2.03 bits per heavy atom. The summed E-state index contributed by atoms with van der Waals surface area (Å²) in [5.74, 6) is 1.37. The third-order valence-corrected chi connectivity index (χ3v) is 9.21. The van der Waals surface area contributed by atoms with Crippen LogP contribution in [0.1, 0.15) is 103 Å². The SMILES string of the molecule is CCCCC(CC)CC1(CC(CC)CCCC)c2cc(BOCCO)ccc2-c2ccc(B3OCCO3)cc21. The molecule has 6 heteroatoms. The number of hydrogen-bond acceptors (Lipinski definition) is 4. The van der Waals surface area contributed by atoms with Crippen molar-refractivity contribution in [3.63, 3.8) is 0 Å². The van der Waals surface area contributed by atoms with E-state index in [1.807, 2.05) is 0 Å². The Morgan fingerprint density at radius 2 is 1.46 bits per heavy atom. The summed E-state index contributed by atoms with van der Waals surface area (Å²) in [6.45, 7) is 11.1. The maximum absolute atomic E-state index is 9.27. The van der Waals surface area contributed by atoms with Gasteiger partial charge in [0, 0.05) is 5.41 Å². The zero-order valence-electron chi connectivity index (χ0n) is 25.0. The topological polar surface area (TPSA) is 47.9 Å². The molecule has 4 nitrogen and oxygen atoms in total. The fourth-order valence-corrected chi connectivity index (χ4v) is 7.00. The number of aliphatic hydroxyl groups is 1. The maximum atomic E-state index is 9.27. The molecule has 1 N–H and O–H groups in total. The Labute approximate surface area is 238 Å². The molecule has 0 radical (unpaired) electrons. The first kappa shape index (κ1) is 30.4. The highest BCUT2D eigenvalue weighted by atomic mass is 16.6. The van der Waals surface area contributed by atoms with Gasteiger partial charge in [0.1, 0.15) is 0 Å². The van der Waals surface area contributed by atoms with Gasteiger partial charge in [-0.3, -0.25) is 0 Å². The molecule has 0 aromatic heterocycles. The van der Waals surface area contributed by atoms with Gasteiger partial charge in [0.2, 0.25) is 0 Å². The van der Waals surface area contributed by atoms with Gasteiger partial charge in [0.05, 0.1) is 26.4 Å². The van der Waals surface area contributed by atoms with Crippen LogP contribution in [0.25, 0.3) is 11.1 Å². The van der Waals surface area contributed by atoms with Gasteiger partial charge in [0.15, 0.2) is 0 Å². The van der Waals surface area contributed by atoms with Crippen LogP contribution in [0, 0.1) is 11.8 Å². The first-order valence-electron chi connectivity index (χ1n) is 15.8. The molecule has 1 fully saturated rings. The van der Waals surface area contributed by atoms with Gasteiger partial charge in [-0.05, 0) is 52.4 Å². The van der Waals surface area contributed by atoms with Crippen LogP contribution in [-0.4, -0.2) is 46.1 Å². The van der Waals surface area contributed by atoms with E-state index in [0.717, 1.165) is 5.46 Å². The standard InChI is InChI=1S/C33H50B2O4/c1-5-9-11-25(7-3)23-33(24-26(8-4)12-10-6-2)31-21-27(34-37-18-17-36)13-15-29(31)30-16-14-28(22-32(30)33)35-38-19-20-39-35/h13-16,21-22,25-26,34,36H,5-12,17-20,23-24H2,1-4H3. The van der Waals surface area contributed by atoms with Crippen molar-refractivity contribution >= 4 is 25.5 Å². The molecule has 2 unspecified atom stereocenters. The van der Waals surface area contributed by atoms with E-state index in [4.69, 9.17) is 14.0 Å². The lowest BCUT2D eigenvalue weighted by molar-refractivity contribution is 0.209. The second-order valence-electron chi connectivity index (χ2n) is 11.9. The molecule has 1 aliphatic carbocycles. The minimum atomic E-state index is -0.261. The van der Waals surface area contributed by atoms with Crippen LogP contribution >= 0.6 is 0 Å². The molecule has 2 aromatic rings. The minimum Gasteiger partial charge on any atom is -0.432 e. The first-order chi connectivity index (χ1) is 19.1. The van der Waals surface area contributed by atoms with Crippen molar-refractivity contribution in [3.8, 4) is 11.1 Å². The summed E-state index contributed by atoms with van der Waals surface area (Å²) in [7, 11) is 0.276. The van der Waals surface area contributed by atoms with E-state index in [0.29, 0.717) is 39.1 Å². The summed E-state index contributed by atoms with van der Waals surface area (Å²) in [6.07, 6.45) is 12.5. The lowest BCUT2D eigenvalue weighted by Gasteiger charge is -2.39. The van der Waals surface area contributed by atoms with Crippen LogP contribution in [0.2, 0.25) is 0 Å². The predicted octanol–water partition coefficient (Wildman–Crippen LogP) is 5.89. The molecule has 0 spiro atoms. The number of rotatable bonds is 17. The number of benzene rings is 2. The van der Waals surface area contributed by atoms with Gasteiger partial charge < -0.3 is 19.1 Å². The van der Waals surface area contributed by atoms with Crippen LogP contribution in [0.3, 0.4) is 0 Å². The van der Waals surface area contributed by atoms with Gasteiger partial charge in [-0.2, -0.15) is 0 Å². The summed E-state index contributed by atoms with van der Waals surface area (Å²) < 4.78 is 17.7. The Bertz CT molecular complexity index is 1020. The van der Waals surface area contributed by atoms with Gasteiger partial charge in [-0.25, -0.2) is 0 Å². The van der Waals surface area contributed by atoms with Crippen molar-refractivity contribution in [3.05, 3.63) is 47.5 Å². The van der Waals surface area contributed by atoms with Crippen LogP contribution in [0.4, 0.5) is 0 Å². The van der Waals surface area contributed by atoms with E-state index < -0.39 is 0 Å². The second kappa shape index (κ2) is 14.9. The average molecular weight is 532 g/mol. The highest BCUT2D eigenvalue weighted by Crippen LogP contribution is 2.55. The molecule has 2 aliphatic rings. The molecule has 2 aromatic carbocycles. The molecule has 39 heavy (non-hydrogen) atoms. The minimum absolute atomic E-state index is 0.0326. The predicted molar refractivity (Wildman–Crippen MR) is 166 cm³/mol. The smallest absolute Gasteiger partial charge is 0.432 e. The zero-order chi connectivity index (χ0) is 27.7. The fourth-order valence-electron chi connectivity index (χ4n) is 7.00. The molecule has 0 bridgehead atoms. The van der Waals surface area contributed by atoms with Crippen LogP contribution in [-0.2, 0) is 19.4 Å². The molecular formula is C33H50B2O4. The third-order valence-electron chi connectivity index (χ3n) is 9.21. The average Bonchev–Trinajstić information content (AvgIpc) is 3.59. The number of aliphatic hydroxyl groups excluding tert-OH is 1. The molecule has 1 heterocycles.